The van der Waals surface area contributed by atoms with E-state index >= 15 is 0 Å². The van der Waals surface area contributed by atoms with Crippen LogP contribution >= 0.6 is 0 Å². The smallest absolute Gasteiger partial charge is 0.255 e. The Morgan fingerprint density at radius 1 is 1.07 bits per heavy atom. The molecule has 0 spiro atoms. The van der Waals surface area contributed by atoms with Crippen LogP contribution in [0.1, 0.15) is 23.2 Å². The van der Waals surface area contributed by atoms with Gasteiger partial charge in [-0.3, -0.25) is 23.7 Å². The van der Waals surface area contributed by atoms with Crippen molar-refractivity contribution in [2.75, 3.05) is 14.1 Å². The van der Waals surface area contributed by atoms with Crippen LogP contribution < -0.4 is 16.6 Å². The van der Waals surface area contributed by atoms with Crippen LogP contribution in [-0.4, -0.2) is 47.3 Å². The van der Waals surface area contributed by atoms with Crippen molar-refractivity contribution in [3.8, 4) is 5.69 Å². The lowest BCUT2D eigenvalue weighted by Crippen LogP contribution is -2.42. The number of nitrogens with zero attached hydrogens (tertiary/aromatic N) is 2. The van der Waals surface area contributed by atoms with E-state index < -0.39 is 17.9 Å². The number of primary amides is 1. The van der Waals surface area contributed by atoms with E-state index in [1.165, 1.54) is 15.5 Å². The molecule has 8 heteroatoms. The van der Waals surface area contributed by atoms with Gasteiger partial charge in [0.05, 0.1) is 5.92 Å². The van der Waals surface area contributed by atoms with E-state index in [2.05, 4.69) is 5.32 Å². The number of nitrogens with one attached hydrogen (secondary N) is 1. The van der Waals surface area contributed by atoms with Crippen molar-refractivity contribution in [2.45, 2.75) is 18.9 Å². The minimum absolute atomic E-state index is 0.0781. The van der Waals surface area contributed by atoms with E-state index in [0.717, 1.165) is 0 Å². The number of nitrogens with two attached hydrogens (primary N) is 1. The van der Waals surface area contributed by atoms with Crippen LogP contribution in [0.2, 0.25) is 0 Å². The van der Waals surface area contributed by atoms with Crippen molar-refractivity contribution in [2.24, 2.45) is 17.6 Å². The Balaban J connectivity index is 1.73. The van der Waals surface area contributed by atoms with Gasteiger partial charge in [-0.15, -0.1) is 0 Å². The maximum absolute atomic E-state index is 12.7. The van der Waals surface area contributed by atoms with E-state index in [9.17, 15) is 19.2 Å². The molecule has 2 aromatic rings. The molecular formula is C21H24N4O4. The minimum atomic E-state index is -0.588. The van der Waals surface area contributed by atoms with Gasteiger partial charge in [-0.2, -0.15) is 0 Å². The number of rotatable bonds is 5. The third-order valence-electron chi connectivity index (χ3n) is 5.26. The molecule has 1 saturated carbocycles. The second kappa shape index (κ2) is 8.30. The van der Waals surface area contributed by atoms with Crippen molar-refractivity contribution in [1.82, 2.24) is 14.8 Å². The average Bonchev–Trinajstić information content (AvgIpc) is 3.11. The summed E-state index contributed by atoms with van der Waals surface area (Å²) < 4.78 is 1.47. The van der Waals surface area contributed by atoms with Gasteiger partial charge in [0.1, 0.15) is 0 Å². The zero-order valence-corrected chi connectivity index (χ0v) is 16.4. The van der Waals surface area contributed by atoms with Crippen molar-refractivity contribution < 1.29 is 14.4 Å². The molecule has 1 heterocycles. The summed E-state index contributed by atoms with van der Waals surface area (Å²) in [5.41, 5.74) is 6.35. The van der Waals surface area contributed by atoms with Gasteiger partial charge in [0.15, 0.2) is 0 Å². The number of carbonyl (C=O) groups excluding carboxylic acids is 3. The highest BCUT2D eigenvalue weighted by atomic mass is 16.2. The SMILES string of the molecule is CN(C)C(=O)C1CC(NC(=O)c2ccc(-n3ccccc3=O)cc2)C(C(N)=O)C1. The highest BCUT2D eigenvalue weighted by Gasteiger charge is 2.42. The Bertz CT molecular complexity index is 981. The van der Waals surface area contributed by atoms with Gasteiger partial charge in [0.25, 0.3) is 11.5 Å². The Hall–Kier alpha value is -3.42. The van der Waals surface area contributed by atoms with Crippen molar-refractivity contribution in [3.63, 3.8) is 0 Å². The van der Waals surface area contributed by atoms with E-state index in [4.69, 9.17) is 5.73 Å². The molecule has 8 nitrogen and oxygen atoms in total. The summed E-state index contributed by atoms with van der Waals surface area (Å²) in [5.74, 6) is -1.89. The Morgan fingerprint density at radius 2 is 1.76 bits per heavy atom. The quantitative estimate of drug-likeness (QED) is 0.767. The van der Waals surface area contributed by atoms with Crippen LogP contribution in [0.3, 0.4) is 0 Å². The lowest BCUT2D eigenvalue weighted by atomic mass is 10.0. The molecule has 1 fully saturated rings. The van der Waals surface area contributed by atoms with E-state index in [1.807, 2.05) is 0 Å². The first-order chi connectivity index (χ1) is 13.8. The lowest BCUT2D eigenvalue weighted by molar-refractivity contribution is -0.132. The number of amides is 3. The minimum Gasteiger partial charge on any atom is -0.369 e. The standard InChI is InChI=1S/C21H24N4O4/c1-24(2)21(29)14-11-16(19(22)27)17(12-14)23-20(28)13-6-8-15(9-7-13)25-10-4-3-5-18(25)26/h3-10,14,16-17H,11-12H2,1-2H3,(H2,22,27)(H,23,28). The van der Waals surface area contributed by atoms with Gasteiger partial charge < -0.3 is 16.0 Å². The largest absolute Gasteiger partial charge is 0.369 e. The second-order valence-electron chi connectivity index (χ2n) is 7.45. The first kappa shape index (κ1) is 20.3. The van der Waals surface area contributed by atoms with Crippen LogP contribution in [0.5, 0.6) is 0 Å². The van der Waals surface area contributed by atoms with Crippen LogP contribution in [0, 0.1) is 11.8 Å². The lowest BCUT2D eigenvalue weighted by Gasteiger charge is -2.18. The summed E-state index contributed by atoms with van der Waals surface area (Å²) in [6, 6.07) is 10.9. The van der Waals surface area contributed by atoms with Gasteiger partial charge in [-0.1, -0.05) is 6.07 Å². The third kappa shape index (κ3) is 4.37. The monoisotopic (exact) mass is 396 g/mol. The van der Waals surface area contributed by atoms with Crippen molar-refractivity contribution in [1.29, 1.82) is 0 Å². The predicted molar refractivity (Wildman–Crippen MR) is 107 cm³/mol. The summed E-state index contributed by atoms with van der Waals surface area (Å²) in [7, 11) is 3.32. The van der Waals surface area contributed by atoms with Gasteiger partial charge in [-0.25, -0.2) is 0 Å². The van der Waals surface area contributed by atoms with E-state index in [0.29, 0.717) is 24.1 Å². The molecule has 1 aliphatic carbocycles. The molecule has 1 aliphatic rings. The van der Waals surface area contributed by atoms with Crippen LogP contribution in [0.25, 0.3) is 5.69 Å². The Morgan fingerprint density at radius 3 is 2.34 bits per heavy atom. The molecule has 3 unspecified atom stereocenters. The summed E-state index contributed by atoms with van der Waals surface area (Å²) in [4.78, 5) is 50.1. The number of aromatic nitrogens is 1. The number of carbonyl (C=O) groups is 3. The fraction of sp³-hybridized carbons (Fsp3) is 0.333. The molecule has 1 aromatic heterocycles. The van der Waals surface area contributed by atoms with Gasteiger partial charge in [-0.05, 0) is 43.2 Å². The van der Waals surface area contributed by atoms with Crippen LogP contribution in [0.4, 0.5) is 0 Å². The summed E-state index contributed by atoms with van der Waals surface area (Å²) >= 11 is 0. The maximum atomic E-state index is 12.7. The number of hydrogen-bond donors (Lipinski definition) is 2. The fourth-order valence-electron chi connectivity index (χ4n) is 3.74. The molecule has 3 atom stereocenters. The van der Waals surface area contributed by atoms with Crippen molar-refractivity contribution >= 4 is 17.7 Å². The van der Waals surface area contributed by atoms with Gasteiger partial charge in [0, 0.05) is 49.6 Å². The summed E-state index contributed by atoms with van der Waals surface area (Å²) in [6.07, 6.45) is 2.34. The van der Waals surface area contributed by atoms with Gasteiger partial charge >= 0.3 is 0 Å². The normalized spacial score (nSPS) is 20.8. The zero-order chi connectivity index (χ0) is 21.1. The van der Waals surface area contributed by atoms with E-state index in [-0.39, 0.29) is 23.3 Å². The molecule has 3 amide bonds. The first-order valence-electron chi connectivity index (χ1n) is 9.37. The number of benzene rings is 1. The second-order valence-corrected chi connectivity index (χ2v) is 7.45. The zero-order valence-electron chi connectivity index (χ0n) is 16.4. The topological polar surface area (TPSA) is 114 Å². The molecular weight excluding hydrogens is 372 g/mol. The molecule has 29 heavy (non-hydrogen) atoms. The Kier molecular flexibility index (Phi) is 5.81. The third-order valence-corrected chi connectivity index (χ3v) is 5.26. The molecule has 3 N–H and O–H groups in total. The van der Waals surface area contributed by atoms with Gasteiger partial charge in [0.2, 0.25) is 11.8 Å². The summed E-state index contributed by atoms with van der Waals surface area (Å²) in [6.45, 7) is 0. The number of pyridine rings is 1. The van der Waals surface area contributed by atoms with Crippen molar-refractivity contribution in [3.05, 3.63) is 64.6 Å². The molecule has 152 valence electrons. The molecule has 0 aliphatic heterocycles. The molecule has 3 rings (SSSR count). The molecule has 0 saturated heterocycles. The number of hydrogen-bond acceptors (Lipinski definition) is 4. The average molecular weight is 396 g/mol. The summed E-state index contributed by atoms with van der Waals surface area (Å²) in [5, 5.41) is 2.84. The molecule has 0 radical (unpaired) electrons. The predicted octanol–water partition coefficient (Wildman–Crippen LogP) is 0.536. The molecule has 0 bridgehead atoms. The van der Waals surface area contributed by atoms with Crippen LogP contribution in [-0.2, 0) is 9.59 Å². The Labute approximate surface area is 168 Å². The molecule has 1 aromatic carbocycles. The highest BCUT2D eigenvalue weighted by molar-refractivity contribution is 5.95. The first-order valence-corrected chi connectivity index (χ1v) is 9.37. The highest BCUT2D eigenvalue weighted by Crippen LogP contribution is 2.32. The maximum Gasteiger partial charge on any atom is 0.255 e. The van der Waals surface area contributed by atoms with Crippen LogP contribution in [0.15, 0.2) is 53.5 Å². The fourth-order valence-corrected chi connectivity index (χ4v) is 3.74. The van der Waals surface area contributed by atoms with E-state index in [1.54, 1.807) is 56.7 Å².